The zero-order valence-corrected chi connectivity index (χ0v) is 10.9. The third kappa shape index (κ3) is 3.23. The summed E-state index contributed by atoms with van der Waals surface area (Å²) in [5, 5.41) is 7.49. The first-order valence-corrected chi connectivity index (χ1v) is 5.91. The van der Waals surface area contributed by atoms with Crippen LogP contribution in [0.1, 0.15) is 10.5 Å². The summed E-state index contributed by atoms with van der Waals surface area (Å²) >= 11 is 0. The number of hydrogen-bond donors (Lipinski definition) is 2. The van der Waals surface area contributed by atoms with Crippen molar-refractivity contribution < 1.29 is 14.3 Å². The van der Waals surface area contributed by atoms with Gasteiger partial charge in [-0.25, -0.2) is 10.5 Å². The maximum Gasteiger partial charge on any atom is 0.287 e. The van der Waals surface area contributed by atoms with Gasteiger partial charge in [-0.2, -0.15) is 0 Å². The molecule has 0 bridgehead atoms. The Kier molecular flexibility index (Phi) is 4.51. The zero-order valence-electron chi connectivity index (χ0n) is 10.9. The van der Waals surface area contributed by atoms with Crippen LogP contribution < -0.4 is 20.7 Å². The summed E-state index contributed by atoms with van der Waals surface area (Å²) in [7, 11) is 1.58. The molecule has 0 fully saturated rings. The van der Waals surface area contributed by atoms with Crippen LogP contribution in [0, 0.1) is 0 Å². The van der Waals surface area contributed by atoms with Gasteiger partial charge < -0.3 is 9.47 Å². The number of nitrogen functional groups attached to an aromatic ring is 1. The van der Waals surface area contributed by atoms with E-state index in [1.54, 1.807) is 7.11 Å². The van der Waals surface area contributed by atoms with E-state index in [1.165, 1.54) is 10.9 Å². The van der Waals surface area contributed by atoms with Crippen molar-refractivity contribution in [2.45, 2.75) is 6.54 Å². The largest absolute Gasteiger partial charge is 0.493 e. The number of benzene rings is 1. The van der Waals surface area contributed by atoms with Gasteiger partial charge in [0.25, 0.3) is 5.91 Å². The van der Waals surface area contributed by atoms with Gasteiger partial charge in [0.2, 0.25) is 0 Å². The smallest absolute Gasteiger partial charge is 0.287 e. The second kappa shape index (κ2) is 6.53. The molecule has 0 radical (unpaired) electrons. The van der Waals surface area contributed by atoms with Gasteiger partial charge in [0, 0.05) is 0 Å². The summed E-state index contributed by atoms with van der Waals surface area (Å²) in [6.45, 7) is 0.816. The highest BCUT2D eigenvalue weighted by molar-refractivity contribution is 5.91. The Balaban J connectivity index is 1.89. The normalized spacial score (nSPS) is 10.1. The van der Waals surface area contributed by atoms with Crippen LogP contribution in [0.15, 0.2) is 30.5 Å². The van der Waals surface area contributed by atoms with Gasteiger partial charge in [0.15, 0.2) is 17.2 Å². The maximum atomic E-state index is 11.2. The summed E-state index contributed by atoms with van der Waals surface area (Å²) in [5.74, 6) is 5.83. The van der Waals surface area contributed by atoms with Gasteiger partial charge in [0.1, 0.15) is 6.61 Å². The Labute approximate surface area is 115 Å². The van der Waals surface area contributed by atoms with Crippen molar-refractivity contribution in [3.63, 3.8) is 0 Å². The maximum absolute atomic E-state index is 11.2. The van der Waals surface area contributed by atoms with Gasteiger partial charge in [0.05, 0.1) is 19.9 Å². The van der Waals surface area contributed by atoms with Crippen molar-refractivity contribution in [2.24, 2.45) is 5.84 Å². The number of nitrogens with zero attached hydrogens (tertiary/aromatic N) is 3. The minimum Gasteiger partial charge on any atom is -0.493 e. The Bertz CT molecular complexity index is 584. The molecule has 1 aromatic carbocycles. The van der Waals surface area contributed by atoms with Crippen LogP contribution in [0.3, 0.4) is 0 Å². The number of nitrogens with one attached hydrogen (secondary N) is 1. The first kappa shape index (κ1) is 13.8. The fourth-order valence-electron chi connectivity index (χ4n) is 1.57. The van der Waals surface area contributed by atoms with Gasteiger partial charge in [-0.3, -0.25) is 10.2 Å². The van der Waals surface area contributed by atoms with Crippen LogP contribution in [0.2, 0.25) is 0 Å². The van der Waals surface area contributed by atoms with E-state index in [0.29, 0.717) is 24.7 Å². The standard InChI is InChI=1S/C12H15N5O3/c1-19-10-4-2-3-5-11(10)20-7-6-17-8-9(15-16-17)12(18)14-13/h2-5,8H,6-7,13H2,1H3,(H,14,18). The molecule has 0 atom stereocenters. The van der Waals surface area contributed by atoms with E-state index in [0.717, 1.165) is 0 Å². The number of amides is 1. The van der Waals surface area contributed by atoms with Gasteiger partial charge in [-0.05, 0) is 12.1 Å². The molecule has 0 saturated carbocycles. The Morgan fingerprint density at radius 2 is 2.15 bits per heavy atom. The fourth-order valence-corrected chi connectivity index (χ4v) is 1.57. The highest BCUT2D eigenvalue weighted by atomic mass is 16.5. The molecule has 1 aromatic heterocycles. The molecule has 0 spiro atoms. The lowest BCUT2D eigenvalue weighted by atomic mass is 10.3. The lowest BCUT2D eigenvalue weighted by Crippen LogP contribution is -2.30. The average Bonchev–Trinajstić information content (AvgIpc) is 2.96. The molecule has 2 aromatic rings. The lowest BCUT2D eigenvalue weighted by Gasteiger charge is -2.09. The quantitative estimate of drug-likeness (QED) is 0.436. The van der Waals surface area contributed by atoms with Crippen molar-refractivity contribution in [2.75, 3.05) is 13.7 Å². The number of para-hydroxylation sites is 2. The summed E-state index contributed by atoms with van der Waals surface area (Å²) in [4.78, 5) is 11.2. The molecule has 0 aliphatic heterocycles. The summed E-state index contributed by atoms with van der Waals surface area (Å²) in [5.41, 5.74) is 2.15. The number of hydrazine groups is 1. The van der Waals surface area contributed by atoms with Crippen LogP contribution in [0.4, 0.5) is 0 Å². The SMILES string of the molecule is COc1ccccc1OCCn1cc(C(=O)NN)nn1. The Morgan fingerprint density at radius 3 is 2.85 bits per heavy atom. The van der Waals surface area contributed by atoms with Crippen LogP contribution in [0.5, 0.6) is 11.5 Å². The highest BCUT2D eigenvalue weighted by Gasteiger charge is 2.09. The molecule has 0 aliphatic rings. The minimum absolute atomic E-state index is 0.157. The van der Waals surface area contributed by atoms with E-state index in [1.807, 2.05) is 29.7 Å². The summed E-state index contributed by atoms with van der Waals surface area (Å²) < 4.78 is 12.3. The number of ether oxygens (including phenoxy) is 2. The molecule has 3 N–H and O–H groups in total. The summed E-state index contributed by atoms with van der Waals surface area (Å²) in [6.07, 6.45) is 1.49. The monoisotopic (exact) mass is 277 g/mol. The number of hydrogen-bond acceptors (Lipinski definition) is 6. The average molecular weight is 277 g/mol. The van der Waals surface area contributed by atoms with Crippen LogP contribution in [-0.2, 0) is 6.54 Å². The molecule has 20 heavy (non-hydrogen) atoms. The second-order valence-electron chi connectivity index (χ2n) is 3.84. The first-order valence-electron chi connectivity index (χ1n) is 5.91. The third-order valence-corrected chi connectivity index (χ3v) is 2.55. The van der Waals surface area contributed by atoms with E-state index in [9.17, 15) is 4.79 Å². The molecule has 106 valence electrons. The zero-order chi connectivity index (χ0) is 14.4. The molecule has 0 unspecified atom stereocenters. The van der Waals surface area contributed by atoms with Crippen LogP contribution in [0.25, 0.3) is 0 Å². The molecule has 8 heteroatoms. The highest BCUT2D eigenvalue weighted by Crippen LogP contribution is 2.25. The van der Waals surface area contributed by atoms with E-state index in [2.05, 4.69) is 10.3 Å². The molecule has 1 amide bonds. The van der Waals surface area contributed by atoms with Crippen molar-refractivity contribution in [3.05, 3.63) is 36.2 Å². The first-order chi connectivity index (χ1) is 9.74. The molecular formula is C12H15N5O3. The van der Waals surface area contributed by atoms with Crippen LogP contribution >= 0.6 is 0 Å². The molecule has 8 nitrogen and oxygen atoms in total. The van der Waals surface area contributed by atoms with Crippen molar-refractivity contribution in [3.8, 4) is 11.5 Å². The van der Waals surface area contributed by atoms with E-state index < -0.39 is 5.91 Å². The van der Waals surface area contributed by atoms with Gasteiger partial charge in [-0.15, -0.1) is 5.10 Å². The number of methoxy groups -OCH3 is 1. The molecule has 0 aliphatic carbocycles. The predicted molar refractivity (Wildman–Crippen MR) is 70.2 cm³/mol. The van der Waals surface area contributed by atoms with Crippen molar-refractivity contribution in [1.82, 2.24) is 20.4 Å². The third-order valence-electron chi connectivity index (χ3n) is 2.55. The minimum atomic E-state index is -0.484. The molecular weight excluding hydrogens is 262 g/mol. The van der Waals surface area contributed by atoms with E-state index >= 15 is 0 Å². The Morgan fingerprint density at radius 1 is 1.40 bits per heavy atom. The number of rotatable bonds is 6. The van der Waals surface area contributed by atoms with Gasteiger partial charge in [-0.1, -0.05) is 17.3 Å². The lowest BCUT2D eigenvalue weighted by molar-refractivity contribution is 0.0948. The van der Waals surface area contributed by atoms with E-state index in [-0.39, 0.29) is 5.69 Å². The fraction of sp³-hybridized carbons (Fsp3) is 0.250. The summed E-state index contributed by atoms with van der Waals surface area (Å²) in [6, 6.07) is 7.35. The molecule has 1 heterocycles. The molecule has 2 rings (SSSR count). The van der Waals surface area contributed by atoms with Crippen molar-refractivity contribution >= 4 is 5.91 Å². The Hall–Kier alpha value is -2.61. The molecule has 0 saturated heterocycles. The second-order valence-corrected chi connectivity index (χ2v) is 3.84. The number of nitrogens with two attached hydrogens (primary N) is 1. The van der Waals surface area contributed by atoms with Crippen LogP contribution in [-0.4, -0.2) is 34.6 Å². The number of carbonyl (C=O) groups is 1. The van der Waals surface area contributed by atoms with Gasteiger partial charge >= 0.3 is 0 Å². The topological polar surface area (TPSA) is 104 Å². The predicted octanol–water partition coefficient (Wildman–Crippen LogP) is -0.0308. The number of aromatic nitrogens is 3. The van der Waals surface area contributed by atoms with E-state index in [4.69, 9.17) is 15.3 Å². The number of carbonyl (C=O) groups excluding carboxylic acids is 1. The van der Waals surface area contributed by atoms with Crippen molar-refractivity contribution in [1.29, 1.82) is 0 Å².